The molecule has 1 heterocycles. The van der Waals surface area contributed by atoms with Crippen LogP contribution in [0.5, 0.6) is 0 Å². The van der Waals surface area contributed by atoms with Gasteiger partial charge in [0.05, 0.1) is 6.54 Å². The maximum Gasteiger partial charge on any atom is 0.326 e. The molecule has 3 amide bonds. The molecule has 0 bridgehead atoms. The summed E-state index contributed by atoms with van der Waals surface area (Å²) >= 11 is 4.13. The summed E-state index contributed by atoms with van der Waals surface area (Å²) in [6, 6.07) is 3.98. The number of aromatic nitrogens is 1. The Labute approximate surface area is 213 Å². The van der Waals surface area contributed by atoms with Crippen LogP contribution >= 0.6 is 12.6 Å². The molecule has 3 unspecified atom stereocenters. The third kappa shape index (κ3) is 8.46. The van der Waals surface area contributed by atoms with Gasteiger partial charge in [0.25, 0.3) is 0 Å². The molecule has 0 radical (unpaired) electrons. The first-order valence-electron chi connectivity index (χ1n) is 11.2. The maximum absolute atomic E-state index is 12.9. The topological polar surface area (TPSA) is 231 Å². The highest BCUT2D eigenvalue weighted by Crippen LogP contribution is 2.19. The Morgan fingerprint density at radius 1 is 1.03 bits per heavy atom. The van der Waals surface area contributed by atoms with Gasteiger partial charge >= 0.3 is 5.97 Å². The summed E-state index contributed by atoms with van der Waals surface area (Å²) < 4.78 is 0. The minimum Gasteiger partial charge on any atom is -0.480 e. The Hall–Kier alpha value is -3.78. The number of amides is 3. The van der Waals surface area contributed by atoms with Gasteiger partial charge in [0.2, 0.25) is 17.7 Å². The van der Waals surface area contributed by atoms with Crippen LogP contribution in [0, 0.1) is 0 Å². The lowest BCUT2D eigenvalue weighted by Gasteiger charge is -2.23. The van der Waals surface area contributed by atoms with Gasteiger partial charge in [0, 0.05) is 35.8 Å². The number of aromatic amines is 1. The fourth-order valence-corrected chi connectivity index (χ4v) is 3.74. The Morgan fingerprint density at radius 2 is 1.69 bits per heavy atom. The van der Waals surface area contributed by atoms with Crippen LogP contribution in [0.3, 0.4) is 0 Å². The smallest absolute Gasteiger partial charge is 0.326 e. The van der Waals surface area contributed by atoms with Gasteiger partial charge in [0.15, 0.2) is 5.96 Å². The normalized spacial score (nSPS) is 13.3. The first kappa shape index (κ1) is 28.5. The first-order chi connectivity index (χ1) is 17.2. The number of hydrogen-bond acceptors (Lipinski definition) is 7. The molecule has 36 heavy (non-hydrogen) atoms. The van der Waals surface area contributed by atoms with Crippen LogP contribution in [0.25, 0.3) is 10.9 Å². The van der Waals surface area contributed by atoms with Crippen molar-refractivity contribution in [1.82, 2.24) is 20.9 Å². The van der Waals surface area contributed by atoms with Gasteiger partial charge in [-0.25, -0.2) is 4.79 Å². The number of rotatable bonds is 14. The molecule has 0 saturated heterocycles. The van der Waals surface area contributed by atoms with E-state index >= 15 is 0 Å². The van der Waals surface area contributed by atoms with Crippen molar-refractivity contribution >= 4 is 53.2 Å². The van der Waals surface area contributed by atoms with E-state index in [0.717, 1.165) is 16.5 Å². The molecule has 0 aliphatic heterocycles. The van der Waals surface area contributed by atoms with Crippen LogP contribution in [-0.4, -0.2) is 76.7 Å². The fraction of sp³-hybridized carbons (Fsp3) is 0.409. The molecule has 0 aliphatic rings. The van der Waals surface area contributed by atoms with E-state index in [4.69, 9.17) is 17.2 Å². The van der Waals surface area contributed by atoms with E-state index in [2.05, 4.69) is 38.6 Å². The van der Waals surface area contributed by atoms with Crippen molar-refractivity contribution < 1.29 is 24.3 Å². The van der Waals surface area contributed by atoms with Crippen molar-refractivity contribution in [3.8, 4) is 0 Å². The molecule has 3 atom stereocenters. The molecular weight excluding hydrogens is 488 g/mol. The second kappa shape index (κ2) is 13.9. The number of carboxylic acid groups (broad SMARTS) is 1. The SMILES string of the molecule is NCC(=O)NC(CCCN=C(N)N)C(=O)NC(CS)C(=O)NC(Cc1c[nH]c2ccccc12)C(=O)O. The molecule has 196 valence electrons. The number of H-pyrrole nitrogens is 1. The zero-order valence-electron chi connectivity index (χ0n) is 19.6. The van der Waals surface area contributed by atoms with E-state index < -0.39 is 41.8 Å². The predicted molar refractivity (Wildman–Crippen MR) is 138 cm³/mol. The average Bonchev–Trinajstić information content (AvgIpc) is 3.26. The van der Waals surface area contributed by atoms with Crippen molar-refractivity contribution in [2.75, 3.05) is 18.8 Å². The molecule has 0 spiro atoms. The van der Waals surface area contributed by atoms with Gasteiger partial charge < -0.3 is 43.2 Å². The lowest BCUT2D eigenvalue weighted by molar-refractivity contribution is -0.142. The lowest BCUT2D eigenvalue weighted by atomic mass is 10.0. The number of fused-ring (bicyclic) bond motifs is 1. The molecule has 2 rings (SSSR count). The summed E-state index contributed by atoms with van der Waals surface area (Å²) in [4.78, 5) is 56.2. The third-order valence-electron chi connectivity index (χ3n) is 5.31. The summed E-state index contributed by atoms with van der Waals surface area (Å²) in [6.45, 7) is -0.0997. The van der Waals surface area contributed by atoms with Crippen LogP contribution < -0.4 is 33.2 Å². The number of nitrogens with one attached hydrogen (secondary N) is 4. The molecule has 2 aromatic rings. The highest BCUT2D eigenvalue weighted by atomic mass is 32.1. The van der Waals surface area contributed by atoms with E-state index in [1.807, 2.05) is 24.3 Å². The number of para-hydroxylation sites is 1. The molecule has 1 aromatic heterocycles. The highest BCUT2D eigenvalue weighted by molar-refractivity contribution is 7.80. The van der Waals surface area contributed by atoms with Gasteiger partial charge in [-0.15, -0.1) is 0 Å². The summed E-state index contributed by atoms with van der Waals surface area (Å²) in [5, 5.41) is 18.0. The zero-order chi connectivity index (χ0) is 26.7. The Morgan fingerprint density at radius 3 is 2.33 bits per heavy atom. The number of nitrogens with zero attached hydrogens (tertiary/aromatic N) is 1. The van der Waals surface area contributed by atoms with E-state index in [1.165, 1.54) is 0 Å². The summed E-state index contributed by atoms with van der Waals surface area (Å²) in [5.41, 5.74) is 17.5. The van der Waals surface area contributed by atoms with Crippen LogP contribution in [0.15, 0.2) is 35.5 Å². The number of aliphatic carboxylic acids is 1. The van der Waals surface area contributed by atoms with Gasteiger partial charge in [-0.3, -0.25) is 19.4 Å². The average molecular weight is 521 g/mol. The Bertz CT molecular complexity index is 1100. The third-order valence-corrected chi connectivity index (χ3v) is 5.68. The first-order valence-corrected chi connectivity index (χ1v) is 11.8. The molecule has 1 aromatic carbocycles. The predicted octanol–water partition coefficient (Wildman–Crippen LogP) is -1.81. The standard InChI is InChI=1S/C22H32N8O5S/c23-9-18(31)28-15(6-3-7-26-22(24)25)19(32)30-17(11-36)20(33)29-16(21(34)35)8-12-10-27-14-5-2-1-4-13(12)14/h1-2,4-5,10,15-17,27,36H,3,6-9,11,23H2,(H,28,31)(H,29,33)(H,30,32)(H,34,35)(H4,24,25,26). The Kier molecular flexibility index (Phi) is 11.0. The summed E-state index contributed by atoms with van der Waals surface area (Å²) in [5.74, 6) is -3.38. The number of benzene rings is 1. The molecular formula is C22H32N8O5S. The fourth-order valence-electron chi connectivity index (χ4n) is 3.48. The number of thiol groups is 1. The van der Waals surface area contributed by atoms with Gasteiger partial charge in [-0.2, -0.15) is 12.6 Å². The number of hydrogen-bond donors (Lipinski definition) is 9. The van der Waals surface area contributed by atoms with Crippen molar-refractivity contribution in [3.05, 3.63) is 36.0 Å². The molecule has 0 saturated carbocycles. The minimum absolute atomic E-state index is 0.0261. The molecule has 11 N–H and O–H groups in total. The number of carbonyl (C=O) groups excluding carboxylic acids is 3. The Balaban J connectivity index is 2.06. The van der Waals surface area contributed by atoms with E-state index in [1.54, 1.807) is 6.20 Å². The highest BCUT2D eigenvalue weighted by Gasteiger charge is 2.29. The van der Waals surface area contributed by atoms with E-state index in [9.17, 15) is 24.3 Å². The molecule has 0 fully saturated rings. The van der Waals surface area contributed by atoms with Crippen molar-refractivity contribution in [2.24, 2.45) is 22.2 Å². The quantitative estimate of drug-likeness (QED) is 0.0595. The van der Waals surface area contributed by atoms with Crippen LogP contribution in [0.2, 0.25) is 0 Å². The minimum atomic E-state index is -1.25. The number of guanidine groups is 1. The second-order valence-corrected chi connectivity index (χ2v) is 8.34. The zero-order valence-corrected chi connectivity index (χ0v) is 20.5. The summed E-state index contributed by atoms with van der Waals surface area (Å²) in [7, 11) is 0. The van der Waals surface area contributed by atoms with Gasteiger partial charge in [-0.1, -0.05) is 18.2 Å². The molecule has 0 aliphatic carbocycles. The van der Waals surface area contributed by atoms with Crippen molar-refractivity contribution in [1.29, 1.82) is 0 Å². The second-order valence-electron chi connectivity index (χ2n) is 7.98. The number of carbonyl (C=O) groups is 4. The largest absolute Gasteiger partial charge is 0.480 e. The molecule has 14 heteroatoms. The monoisotopic (exact) mass is 520 g/mol. The van der Waals surface area contributed by atoms with Gasteiger partial charge in [-0.05, 0) is 24.5 Å². The van der Waals surface area contributed by atoms with E-state index in [-0.39, 0.29) is 37.6 Å². The van der Waals surface area contributed by atoms with Crippen molar-refractivity contribution in [3.63, 3.8) is 0 Å². The van der Waals surface area contributed by atoms with E-state index in [0.29, 0.717) is 6.42 Å². The number of aliphatic imine (C=N–C) groups is 1. The molecule has 13 nitrogen and oxygen atoms in total. The van der Waals surface area contributed by atoms with Crippen LogP contribution in [-0.2, 0) is 25.6 Å². The van der Waals surface area contributed by atoms with Gasteiger partial charge in [0.1, 0.15) is 18.1 Å². The summed E-state index contributed by atoms with van der Waals surface area (Å²) in [6.07, 6.45) is 2.26. The van der Waals surface area contributed by atoms with Crippen LogP contribution in [0.1, 0.15) is 18.4 Å². The number of nitrogens with two attached hydrogens (primary N) is 3. The maximum atomic E-state index is 12.9. The van der Waals surface area contributed by atoms with Crippen LogP contribution in [0.4, 0.5) is 0 Å². The van der Waals surface area contributed by atoms with Crippen molar-refractivity contribution in [2.45, 2.75) is 37.4 Å². The lowest BCUT2D eigenvalue weighted by Crippen LogP contribution is -2.57. The number of carboxylic acids is 1.